The smallest absolute Gasteiger partial charge is 0.195 e. The molecule has 0 atom stereocenters. The second-order valence-corrected chi connectivity index (χ2v) is 4.38. The van der Waals surface area contributed by atoms with E-state index < -0.39 is 0 Å². The Kier molecular flexibility index (Phi) is 3.36. The van der Waals surface area contributed by atoms with Crippen molar-refractivity contribution in [3.63, 3.8) is 0 Å². The molecule has 0 spiro atoms. The number of hydrogen-bond donors (Lipinski definition) is 1. The highest BCUT2D eigenvalue weighted by Gasteiger charge is 2.13. The summed E-state index contributed by atoms with van der Waals surface area (Å²) in [6, 6.07) is 11.7. The van der Waals surface area contributed by atoms with E-state index in [4.69, 9.17) is 28.9 Å². The van der Waals surface area contributed by atoms with Crippen molar-refractivity contribution in [2.24, 2.45) is 0 Å². The van der Waals surface area contributed by atoms with Gasteiger partial charge in [-0.25, -0.2) is 0 Å². The zero-order valence-electron chi connectivity index (χ0n) is 8.78. The summed E-state index contributed by atoms with van der Waals surface area (Å²) in [5.41, 5.74) is 6.94. The molecule has 4 heteroatoms. The van der Waals surface area contributed by atoms with Crippen molar-refractivity contribution in [1.29, 1.82) is 0 Å². The Morgan fingerprint density at radius 3 is 2.47 bits per heavy atom. The molecule has 2 aromatic carbocycles. The van der Waals surface area contributed by atoms with E-state index in [-0.39, 0.29) is 5.78 Å². The molecule has 0 fully saturated rings. The van der Waals surface area contributed by atoms with Crippen LogP contribution in [0.4, 0.5) is 5.69 Å². The van der Waals surface area contributed by atoms with Gasteiger partial charge in [-0.3, -0.25) is 4.79 Å². The number of nitrogens with two attached hydrogens (primary N) is 1. The molecule has 0 aliphatic rings. The number of halogens is 2. The molecule has 2 nitrogen and oxygen atoms in total. The van der Waals surface area contributed by atoms with Crippen molar-refractivity contribution in [3.8, 4) is 0 Å². The molecule has 0 unspecified atom stereocenters. The molecular weight excluding hydrogens is 257 g/mol. The third kappa shape index (κ3) is 2.43. The second kappa shape index (κ2) is 4.78. The molecule has 2 N–H and O–H groups in total. The summed E-state index contributed by atoms with van der Waals surface area (Å²) in [7, 11) is 0. The van der Waals surface area contributed by atoms with Crippen molar-refractivity contribution >= 4 is 34.7 Å². The zero-order chi connectivity index (χ0) is 12.4. The van der Waals surface area contributed by atoms with E-state index in [1.807, 2.05) is 0 Å². The first-order chi connectivity index (χ1) is 8.09. The van der Waals surface area contributed by atoms with E-state index in [9.17, 15) is 4.79 Å². The third-order valence-corrected chi connectivity index (χ3v) is 2.95. The van der Waals surface area contributed by atoms with Crippen LogP contribution in [0, 0.1) is 0 Å². The summed E-state index contributed by atoms with van der Waals surface area (Å²) in [5.74, 6) is -0.187. The van der Waals surface area contributed by atoms with Crippen LogP contribution in [-0.4, -0.2) is 5.78 Å². The maximum atomic E-state index is 12.2. The lowest BCUT2D eigenvalue weighted by Gasteiger charge is -2.06. The first kappa shape index (κ1) is 12.0. The molecule has 0 aromatic heterocycles. The number of ketones is 1. The molecule has 2 aromatic rings. The molecule has 0 amide bonds. The molecule has 0 saturated heterocycles. The van der Waals surface area contributed by atoms with E-state index in [1.54, 1.807) is 42.5 Å². The van der Waals surface area contributed by atoms with E-state index in [1.165, 1.54) is 0 Å². The molecule has 0 aliphatic carbocycles. The summed E-state index contributed by atoms with van der Waals surface area (Å²) in [6.45, 7) is 0. The first-order valence-electron chi connectivity index (χ1n) is 4.94. The lowest BCUT2D eigenvalue weighted by Crippen LogP contribution is -2.05. The summed E-state index contributed by atoms with van der Waals surface area (Å²) in [6.07, 6.45) is 0. The van der Waals surface area contributed by atoms with Crippen LogP contribution in [-0.2, 0) is 0 Å². The average Bonchev–Trinajstić information content (AvgIpc) is 2.32. The Morgan fingerprint density at radius 2 is 1.76 bits per heavy atom. The minimum atomic E-state index is -0.187. The van der Waals surface area contributed by atoms with Gasteiger partial charge in [-0.15, -0.1) is 0 Å². The van der Waals surface area contributed by atoms with E-state index in [0.29, 0.717) is 26.9 Å². The molecular formula is C13H9Cl2NO. The molecule has 0 heterocycles. The molecule has 2 rings (SSSR count). The Labute approximate surface area is 109 Å². The predicted octanol–water partition coefficient (Wildman–Crippen LogP) is 3.81. The number of hydrogen-bond acceptors (Lipinski definition) is 2. The summed E-state index contributed by atoms with van der Waals surface area (Å²) >= 11 is 11.7. The van der Waals surface area contributed by atoms with Crippen molar-refractivity contribution in [1.82, 2.24) is 0 Å². The Hall–Kier alpha value is -1.51. The van der Waals surface area contributed by atoms with Crippen molar-refractivity contribution in [2.45, 2.75) is 0 Å². The van der Waals surface area contributed by atoms with Crippen LogP contribution in [0.1, 0.15) is 15.9 Å². The molecule has 0 aliphatic heterocycles. The summed E-state index contributed by atoms with van der Waals surface area (Å²) in [4.78, 5) is 12.2. The molecule has 0 radical (unpaired) electrons. The van der Waals surface area contributed by atoms with Gasteiger partial charge in [-0.1, -0.05) is 41.4 Å². The third-order valence-electron chi connectivity index (χ3n) is 2.38. The zero-order valence-corrected chi connectivity index (χ0v) is 10.3. The van der Waals surface area contributed by atoms with Crippen molar-refractivity contribution < 1.29 is 4.79 Å². The highest BCUT2D eigenvalue weighted by Crippen LogP contribution is 2.25. The van der Waals surface area contributed by atoms with Gasteiger partial charge in [0.1, 0.15) is 0 Å². The van der Waals surface area contributed by atoms with Gasteiger partial charge in [0.15, 0.2) is 5.78 Å². The molecule has 0 bridgehead atoms. The largest absolute Gasteiger partial charge is 0.397 e. The number of benzene rings is 2. The lowest BCUT2D eigenvalue weighted by atomic mass is 10.0. The van der Waals surface area contributed by atoms with Gasteiger partial charge in [-0.05, 0) is 24.3 Å². The van der Waals surface area contributed by atoms with Gasteiger partial charge in [0.25, 0.3) is 0 Å². The average molecular weight is 266 g/mol. The standard InChI is InChI=1S/C13H9Cl2NO/c14-9-4-1-3-8(7-9)13(17)10-5-2-6-11(15)12(10)16/h1-7H,16H2. The number of rotatable bonds is 2. The number of anilines is 1. The van der Waals surface area contributed by atoms with Crippen LogP contribution in [0.5, 0.6) is 0 Å². The fourth-order valence-corrected chi connectivity index (χ4v) is 1.89. The van der Waals surface area contributed by atoms with Crippen LogP contribution < -0.4 is 5.73 Å². The van der Waals surface area contributed by atoms with Crippen LogP contribution in [0.3, 0.4) is 0 Å². The van der Waals surface area contributed by atoms with Gasteiger partial charge in [0, 0.05) is 16.1 Å². The van der Waals surface area contributed by atoms with Gasteiger partial charge in [0.05, 0.1) is 10.7 Å². The molecule has 17 heavy (non-hydrogen) atoms. The topological polar surface area (TPSA) is 43.1 Å². The Balaban J connectivity index is 2.48. The van der Waals surface area contributed by atoms with Crippen LogP contribution >= 0.6 is 23.2 Å². The van der Waals surface area contributed by atoms with E-state index in [2.05, 4.69) is 0 Å². The predicted molar refractivity (Wildman–Crippen MR) is 70.7 cm³/mol. The number of nitrogen functional groups attached to an aromatic ring is 1. The first-order valence-corrected chi connectivity index (χ1v) is 5.69. The maximum Gasteiger partial charge on any atom is 0.195 e. The highest BCUT2D eigenvalue weighted by atomic mass is 35.5. The fraction of sp³-hybridized carbons (Fsp3) is 0. The normalized spacial score (nSPS) is 10.2. The fourth-order valence-electron chi connectivity index (χ4n) is 1.52. The summed E-state index contributed by atoms with van der Waals surface area (Å²) < 4.78 is 0. The SMILES string of the molecule is Nc1c(Cl)cccc1C(=O)c1cccc(Cl)c1. The van der Waals surface area contributed by atoms with E-state index >= 15 is 0 Å². The Bertz CT molecular complexity index is 581. The van der Waals surface area contributed by atoms with Crippen molar-refractivity contribution in [3.05, 3.63) is 63.6 Å². The minimum absolute atomic E-state index is 0.187. The number of carbonyl (C=O) groups is 1. The Morgan fingerprint density at radius 1 is 1.06 bits per heavy atom. The quantitative estimate of drug-likeness (QED) is 0.663. The van der Waals surface area contributed by atoms with Gasteiger partial charge < -0.3 is 5.73 Å². The van der Waals surface area contributed by atoms with Crippen LogP contribution in [0.25, 0.3) is 0 Å². The second-order valence-electron chi connectivity index (χ2n) is 3.54. The number of carbonyl (C=O) groups excluding carboxylic acids is 1. The summed E-state index contributed by atoms with van der Waals surface area (Å²) in [5, 5.41) is 0.884. The molecule has 0 saturated carbocycles. The van der Waals surface area contributed by atoms with E-state index in [0.717, 1.165) is 0 Å². The molecule has 86 valence electrons. The number of para-hydroxylation sites is 1. The lowest BCUT2D eigenvalue weighted by molar-refractivity contribution is 0.103. The van der Waals surface area contributed by atoms with Crippen molar-refractivity contribution in [2.75, 3.05) is 5.73 Å². The minimum Gasteiger partial charge on any atom is -0.397 e. The van der Waals surface area contributed by atoms with Crippen LogP contribution in [0.2, 0.25) is 10.0 Å². The maximum absolute atomic E-state index is 12.2. The monoisotopic (exact) mass is 265 g/mol. The van der Waals surface area contributed by atoms with Gasteiger partial charge >= 0.3 is 0 Å². The highest BCUT2D eigenvalue weighted by molar-refractivity contribution is 6.34. The van der Waals surface area contributed by atoms with Gasteiger partial charge in [-0.2, -0.15) is 0 Å². The van der Waals surface area contributed by atoms with Crippen LogP contribution in [0.15, 0.2) is 42.5 Å². The van der Waals surface area contributed by atoms with Gasteiger partial charge in [0.2, 0.25) is 0 Å².